The summed E-state index contributed by atoms with van der Waals surface area (Å²) in [5.74, 6) is 1.38. The van der Waals surface area contributed by atoms with E-state index in [-0.39, 0.29) is 0 Å². The number of anilines is 2. The van der Waals surface area contributed by atoms with Crippen molar-refractivity contribution < 1.29 is 0 Å². The molecule has 3 rings (SSSR count). The fraction of sp³-hybridized carbons (Fsp3) is 0.308. The summed E-state index contributed by atoms with van der Waals surface area (Å²) in [4.78, 5) is 10.1. The molecule has 0 fully saturated rings. The highest BCUT2D eigenvalue weighted by Crippen LogP contribution is 2.23. The molecule has 21 heavy (non-hydrogen) atoms. The van der Waals surface area contributed by atoms with Gasteiger partial charge in [-0.25, -0.2) is 0 Å². The number of aromatic nitrogens is 4. The van der Waals surface area contributed by atoms with Crippen LogP contribution in [0.2, 0.25) is 4.34 Å². The molecule has 3 aromatic heterocycles. The van der Waals surface area contributed by atoms with Crippen molar-refractivity contribution in [3.63, 3.8) is 0 Å². The van der Waals surface area contributed by atoms with Crippen LogP contribution in [0.25, 0.3) is 11.0 Å². The third-order valence-corrected chi connectivity index (χ3v) is 4.23. The first kappa shape index (κ1) is 14.1. The van der Waals surface area contributed by atoms with Gasteiger partial charge in [-0.1, -0.05) is 11.6 Å². The molecule has 0 radical (unpaired) electrons. The molecule has 0 amide bonds. The normalized spacial score (nSPS) is 11.0. The minimum Gasteiger partial charge on any atom is -0.369 e. The van der Waals surface area contributed by atoms with Crippen LogP contribution >= 0.6 is 22.9 Å². The van der Waals surface area contributed by atoms with Gasteiger partial charge in [0.15, 0.2) is 5.65 Å². The lowest BCUT2D eigenvalue weighted by Crippen LogP contribution is -2.09. The molecule has 0 unspecified atom stereocenters. The van der Waals surface area contributed by atoms with Crippen molar-refractivity contribution in [3.8, 4) is 0 Å². The number of thiophene rings is 1. The molecule has 3 heterocycles. The Hall–Kier alpha value is -1.86. The third kappa shape index (κ3) is 3.25. The zero-order chi connectivity index (χ0) is 14.7. The zero-order valence-corrected chi connectivity index (χ0v) is 13.1. The highest BCUT2D eigenvalue weighted by Gasteiger charge is 2.09. The third-order valence-electron chi connectivity index (χ3n) is 2.94. The van der Waals surface area contributed by atoms with Crippen LogP contribution in [0.15, 0.2) is 18.3 Å². The highest BCUT2D eigenvalue weighted by molar-refractivity contribution is 7.16. The molecule has 3 aromatic rings. The van der Waals surface area contributed by atoms with E-state index in [9.17, 15) is 0 Å². The second-order valence-corrected chi connectivity index (χ2v) is 6.24. The van der Waals surface area contributed by atoms with Crippen molar-refractivity contribution in [1.29, 1.82) is 0 Å². The van der Waals surface area contributed by atoms with E-state index in [2.05, 4.69) is 30.8 Å². The second-order valence-electron chi connectivity index (χ2n) is 4.44. The smallest absolute Gasteiger partial charge is 0.226 e. The molecular formula is C13H15ClN6S. The van der Waals surface area contributed by atoms with Gasteiger partial charge in [0.1, 0.15) is 5.82 Å². The number of nitrogens with zero attached hydrogens (tertiary/aromatic N) is 3. The van der Waals surface area contributed by atoms with Crippen LogP contribution < -0.4 is 10.6 Å². The maximum absolute atomic E-state index is 5.93. The average molecular weight is 323 g/mol. The minimum absolute atomic E-state index is 0.593. The molecule has 6 nitrogen and oxygen atoms in total. The van der Waals surface area contributed by atoms with Gasteiger partial charge in [-0.05, 0) is 25.5 Å². The molecule has 0 aromatic carbocycles. The number of fused-ring (bicyclic) bond motifs is 1. The maximum Gasteiger partial charge on any atom is 0.226 e. The van der Waals surface area contributed by atoms with Gasteiger partial charge in [0.05, 0.1) is 15.9 Å². The van der Waals surface area contributed by atoms with E-state index in [1.165, 1.54) is 4.88 Å². The van der Waals surface area contributed by atoms with Crippen LogP contribution in [0.4, 0.5) is 11.8 Å². The summed E-state index contributed by atoms with van der Waals surface area (Å²) in [6, 6.07) is 3.97. The quantitative estimate of drug-likeness (QED) is 0.649. The molecule has 0 aliphatic carbocycles. The first-order valence-corrected chi connectivity index (χ1v) is 7.89. The molecule has 0 saturated carbocycles. The lowest BCUT2D eigenvalue weighted by molar-refractivity contribution is 1.02. The van der Waals surface area contributed by atoms with Crippen molar-refractivity contribution in [2.24, 2.45) is 0 Å². The molecule has 0 aliphatic rings. The number of nitrogens with one attached hydrogen (secondary N) is 3. The average Bonchev–Trinajstić information content (AvgIpc) is 3.08. The van der Waals surface area contributed by atoms with Gasteiger partial charge in [-0.2, -0.15) is 15.1 Å². The number of H-pyrrole nitrogens is 1. The predicted molar refractivity (Wildman–Crippen MR) is 87.4 cm³/mol. The van der Waals surface area contributed by atoms with E-state index < -0.39 is 0 Å². The summed E-state index contributed by atoms with van der Waals surface area (Å²) >= 11 is 7.53. The molecule has 3 N–H and O–H groups in total. The number of rotatable bonds is 6. The topological polar surface area (TPSA) is 78.5 Å². The minimum atomic E-state index is 0.593. The SMILES string of the molecule is CCNc1nc(NCCc2ccc(Cl)s2)c2cn[nH]c2n1. The molecule has 0 atom stereocenters. The molecule has 0 bridgehead atoms. The van der Waals surface area contributed by atoms with Crippen LogP contribution in [-0.4, -0.2) is 33.3 Å². The van der Waals surface area contributed by atoms with E-state index in [0.29, 0.717) is 5.95 Å². The van der Waals surface area contributed by atoms with E-state index in [1.54, 1.807) is 17.5 Å². The Bertz CT molecular complexity index is 737. The summed E-state index contributed by atoms with van der Waals surface area (Å²) in [6.45, 7) is 3.56. The summed E-state index contributed by atoms with van der Waals surface area (Å²) in [5.41, 5.74) is 0.725. The van der Waals surface area contributed by atoms with Crippen LogP contribution in [0.3, 0.4) is 0 Å². The van der Waals surface area contributed by atoms with Crippen molar-refractivity contribution in [1.82, 2.24) is 20.2 Å². The lowest BCUT2D eigenvalue weighted by atomic mass is 10.3. The first-order valence-electron chi connectivity index (χ1n) is 6.69. The second kappa shape index (κ2) is 6.28. The van der Waals surface area contributed by atoms with Crippen molar-refractivity contribution >= 4 is 45.7 Å². The van der Waals surface area contributed by atoms with Crippen LogP contribution in [0, 0.1) is 0 Å². The number of halogens is 1. The Kier molecular flexibility index (Phi) is 4.21. The Morgan fingerprint density at radius 1 is 1.29 bits per heavy atom. The summed E-state index contributed by atoms with van der Waals surface area (Å²) in [7, 11) is 0. The molecule has 0 spiro atoms. The van der Waals surface area contributed by atoms with E-state index >= 15 is 0 Å². The fourth-order valence-electron chi connectivity index (χ4n) is 2.00. The van der Waals surface area contributed by atoms with E-state index in [4.69, 9.17) is 11.6 Å². The number of hydrogen-bond donors (Lipinski definition) is 3. The van der Waals surface area contributed by atoms with Gasteiger partial charge in [0.25, 0.3) is 0 Å². The Balaban J connectivity index is 1.74. The van der Waals surface area contributed by atoms with Crippen molar-refractivity contribution in [3.05, 3.63) is 27.5 Å². The summed E-state index contributed by atoms with van der Waals surface area (Å²) < 4.78 is 0.818. The van der Waals surface area contributed by atoms with Gasteiger partial charge in [-0.15, -0.1) is 11.3 Å². The largest absolute Gasteiger partial charge is 0.369 e. The van der Waals surface area contributed by atoms with Gasteiger partial charge in [0.2, 0.25) is 5.95 Å². The van der Waals surface area contributed by atoms with Crippen molar-refractivity contribution in [2.75, 3.05) is 23.7 Å². The van der Waals surface area contributed by atoms with Crippen molar-refractivity contribution in [2.45, 2.75) is 13.3 Å². The molecule has 8 heteroatoms. The van der Waals surface area contributed by atoms with Gasteiger partial charge >= 0.3 is 0 Å². The van der Waals surface area contributed by atoms with E-state index in [0.717, 1.165) is 40.7 Å². The van der Waals surface area contributed by atoms with Crippen LogP contribution in [-0.2, 0) is 6.42 Å². The molecular weight excluding hydrogens is 308 g/mol. The predicted octanol–water partition coefficient (Wildman–Crippen LogP) is 3.15. The zero-order valence-electron chi connectivity index (χ0n) is 11.5. The standard InChI is InChI=1S/C13H15ClN6S/c1-2-15-13-18-11(9-7-17-20-12(9)19-13)16-6-5-8-3-4-10(14)21-8/h3-4,7H,2,5-6H2,1H3,(H3,15,16,17,18,19,20). The fourth-order valence-corrected chi connectivity index (χ4v) is 3.08. The monoisotopic (exact) mass is 322 g/mol. The van der Waals surface area contributed by atoms with Gasteiger partial charge in [0, 0.05) is 18.0 Å². The number of hydrogen-bond acceptors (Lipinski definition) is 6. The Morgan fingerprint density at radius 2 is 2.19 bits per heavy atom. The maximum atomic E-state index is 5.93. The molecule has 0 aliphatic heterocycles. The number of aromatic amines is 1. The van der Waals surface area contributed by atoms with Gasteiger partial charge < -0.3 is 10.6 Å². The first-order chi connectivity index (χ1) is 10.3. The van der Waals surface area contributed by atoms with Crippen LogP contribution in [0.1, 0.15) is 11.8 Å². The van der Waals surface area contributed by atoms with E-state index in [1.807, 2.05) is 19.1 Å². The van der Waals surface area contributed by atoms with Crippen LogP contribution in [0.5, 0.6) is 0 Å². The van der Waals surface area contributed by atoms with Gasteiger partial charge in [-0.3, -0.25) is 5.10 Å². The highest BCUT2D eigenvalue weighted by atomic mass is 35.5. The summed E-state index contributed by atoms with van der Waals surface area (Å²) in [6.07, 6.45) is 2.63. The Morgan fingerprint density at radius 3 is 2.95 bits per heavy atom. The molecule has 110 valence electrons. The lowest BCUT2D eigenvalue weighted by Gasteiger charge is -2.08. The Labute approximate surface area is 131 Å². The molecule has 0 saturated heterocycles. The summed E-state index contributed by atoms with van der Waals surface area (Å²) in [5, 5.41) is 14.2.